The molecule has 1 aliphatic carbocycles. The first kappa shape index (κ1) is 15.5. The Bertz CT molecular complexity index is 589. The Morgan fingerprint density at radius 1 is 1.27 bits per heavy atom. The van der Waals surface area contributed by atoms with E-state index < -0.39 is 5.60 Å². The van der Waals surface area contributed by atoms with Crippen molar-refractivity contribution in [3.05, 3.63) is 29.8 Å². The number of carbonyl (C=O) groups is 2. The highest BCUT2D eigenvalue weighted by Gasteiger charge is 2.64. The molecule has 3 rings (SSSR count). The van der Waals surface area contributed by atoms with Crippen LogP contribution in [0.1, 0.15) is 42.5 Å². The highest BCUT2D eigenvalue weighted by Crippen LogP contribution is 2.56. The third-order valence-electron chi connectivity index (χ3n) is 5.10. The number of carbonyl (C=O) groups excluding carboxylic acids is 2. The standard InChI is InChI=1S/C17H19BrO4/c1-21-13-6-4-12(5-7-13)15(20)17(11-18)16(8-2-3-9-16)10-14(19)22-17/h4-7H,2-3,8-11H2,1H3/t17-/m0/s1. The number of ketones is 1. The van der Waals surface area contributed by atoms with Crippen molar-refractivity contribution in [2.45, 2.75) is 37.7 Å². The van der Waals surface area contributed by atoms with Crippen LogP contribution in [0.5, 0.6) is 5.75 Å². The van der Waals surface area contributed by atoms with Gasteiger partial charge in [0.15, 0.2) is 5.60 Å². The van der Waals surface area contributed by atoms with Crippen molar-refractivity contribution in [1.29, 1.82) is 0 Å². The molecule has 22 heavy (non-hydrogen) atoms. The number of esters is 1. The number of rotatable bonds is 4. The van der Waals surface area contributed by atoms with E-state index in [9.17, 15) is 9.59 Å². The maximum Gasteiger partial charge on any atom is 0.307 e. The molecule has 0 aromatic heterocycles. The summed E-state index contributed by atoms with van der Waals surface area (Å²) in [5.74, 6) is 0.325. The van der Waals surface area contributed by atoms with Crippen molar-refractivity contribution in [2.24, 2.45) is 5.41 Å². The minimum atomic E-state index is -1.07. The van der Waals surface area contributed by atoms with Crippen LogP contribution in [0, 0.1) is 5.41 Å². The van der Waals surface area contributed by atoms with Crippen LogP contribution in [0.4, 0.5) is 0 Å². The van der Waals surface area contributed by atoms with E-state index in [1.807, 2.05) is 0 Å². The molecule has 1 aliphatic heterocycles. The lowest BCUT2D eigenvalue weighted by Crippen LogP contribution is -2.52. The van der Waals surface area contributed by atoms with Gasteiger partial charge in [0.25, 0.3) is 0 Å². The zero-order valence-corrected chi connectivity index (χ0v) is 14.1. The van der Waals surface area contributed by atoms with E-state index in [0.29, 0.717) is 23.1 Å². The van der Waals surface area contributed by atoms with Gasteiger partial charge in [0, 0.05) is 11.0 Å². The van der Waals surface area contributed by atoms with Crippen LogP contribution in [-0.2, 0) is 9.53 Å². The van der Waals surface area contributed by atoms with E-state index in [4.69, 9.17) is 9.47 Å². The SMILES string of the molecule is COc1ccc(C(=O)[C@]2(CBr)OC(=O)CC23CCCC3)cc1. The molecule has 0 amide bonds. The second-order valence-corrected chi connectivity index (χ2v) is 6.72. The highest BCUT2D eigenvalue weighted by atomic mass is 79.9. The molecule has 2 aliphatic rings. The molecule has 4 nitrogen and oxygen atoms in total. The maximum absolute atomic E-state index is 13.2. The van der Waals surface area contributed by atoms with Crippen molar-refractivity contribution in [2.75, 3.05) is 12.4 Å². The number of cyclic esters (lactones) is 1. The van der Waals surface area contributed by atoms with Crippen molar-refractivity contribution in [3.63, 3.8) is 0 Å². The minimum Gasteiger partial charge on any atom is -0.497 e. The fourth-order valence-corrected chi connectivity index (χ4v) is 4.85. The number of hydrogen-bond donors (Lipinski definition) is 0. The predicted octanol–water partition coefficient (Wildman–Crippen LogP) is 3.52. The molecule has 1 aromatic rings. The normalized spacial score (nSPS) is 26.2. The van der Waals surface area contributed by atoms with Crippen molar-refractivity contribution >= 4 is 27.7 Å². The number of hydrogen-bond acceptors (Lipinski definition) is 4. The molecule has 1 atom stereocenters. The summed E-state index contributed by atoms with van der Waals surface area (Å²) in [5.41, 5.74) is -0.874. The number of Topliss-reactive ketones (excluding diaryl/α,β-unsaturated/α-hetero) is 1. The molecule has 1 saturated carbocycles. The van der Waals surface area contributed by atoms with Crippen LogP contribution in [0.25, 0.3) is 0 Å². The van der Waals surface area contributed by atoms with Crippen LogP contribution < -0.4 is 4.74 Å². The number of ether oxygens (including phenoxy) is 2. The third kappa shape index (κ3) is 2.18. The number of halogens is 1. The summed E-state index contributed by atoms with van der Waals surface area (Å²) in [6.07, 6.45) is 4.17. The van der Waals surface area contributed by atoms with Gasteiger partial charge in [0.2, 0.25) is 5.78 Å². The zero-order valence-electron chi connectivity index (χ0n) is 12.6. The van der Waals surface area contributed by atoms with E-state index >= 15 is 0 Å². The maximum atomic E-state index is 13.2. The van der Waals surface area contributed by atoms with Gasteiger partial charge in [-0.05, 0) is 37.1 Å². The minimum absolute atomic E-state index is 0.111. The Balaban J connectivity index is 2.00. The molecule has 0 bridgehead atoms. The molecule has 0 radical (unpaired) electrons. The van der Waals surface area contributed by atoms with E-state index in [0.717, 1.165) is 25.7 Å². The first-order valence-corrected chi connectivity index (χ1v) is 8.66. The first-order chi connectivity index (χ1) is 10.6. The first-order valence-electron chi connectivity index (χ1n) is 7.54. The van der Waals surface area contributed by atoms with E-state index in [-0.39, 0.29) is 17.2 Å². The zero-order chi connectivity index (χ0) is 15.8. The van der Waals surface area contributed by atoms with Gasteiger partial charge >= 0.3 is 5.97 Å². The van der Waals surface area contributed by atoms with Crippen molar-refractivity contribution in [1.82, 2.24) is 0 Å². The van der Waals surface area contributed by atoms with Crippen LogP contribution in [0.3, 0.4) is 0 Å². The predicted molar refractivity (Wildman–Crippen MR) is 85.5 cm³/mol. The second-order valence-electron chi connectivity index (χ2n) is 6.16. The second kappa shape index (κ2) is 5.69. The van der Waals surface area contributed by atoms with Gasteiger partial charge in [-0.3, -0.25) is 9.59 Å². The van der Waals surface area contributed by atoms with Gasteiger partial charge in [0.05, 0.1) is 18.9 Å². The Morgan fingerprint density at radius 3 is 2.45 bits per heavy atom. The van der Waals surface area contributed by atoms with E-state index in [1.165, 1.54) is 0 Å². The monoisotopic (exact) mass is 366 g/mol. The van der Waals surface area contributed by atoms with Crippen LogP contribution in [-0.4, -0.2) is 29.8 Å². The summed E-state index contributed by atoms with van der Waals surface area (Å²) in [7, 11) is 1.59. The van der Waals surface area contributed by atoms with Gasteiger partial charge in [-0.15, -0.1) is 0 Å². The summed E-state index contributed by atoms with van der Waals surface area (Å²) >= 11 is 3.45. The summed E-state index contributed by atoms with van der Waals surface area (Å²) in [6.45, 7) is 0. The molecule has 0 N–H and O–H groups in total. The lowest BCUT2D eigenvalue weighted by Gasteiger charge is -2.38. The average Bonchev–Trinajstić information content (AvgIpc) is 3.12. The number of benzene rings is 1. The molecule has 1 heterocycles. The summed E-state index contributed by atoms with van der Waals surface area (Å²) in [5, 5.41) is 0.344. The van der Waals surface area contributed by atoms with Gasteiger partial charge in [0.1, 0.15) is 5.75 Å². The van der Waals surface area contributed by atoms with Gasteiger partial charge in [-0.1, -0.05) is 28.8 Å². The molecular weight excluding hydrogens is 348 g/mol. The van der Waals surface area contributed by atoms with Gasteiger partial charge in [-0.2, -0.15) is 0 Å². The Kier molecular flexibility index (Phi) is 4.02. The van der Waals surface area contributed by atoms with Gasteiger partial charge in [-0.25, -0.2) is 0 Å². The van der Waals surface area contributed by atoms with E-state index in [1.54, 1.807) is 31.4 Å². The van der Waals surface area contributed by atoms with Crippen molar-refractivity contribution < 1.29 is 19.1 Å². The number of alkyl halides is 1. The van der Waals surface area contributed by atoms with Crippen LogP contribution in [0.15, 0.2) is 24.3 Å². The summed E-state index contributed by atoms with van der Waals surface area (Å²) in [6, 6.07) is 6.99. The lowest BCUT2D eigenvalue weighted by atomic mass is 9.68. The molecule has 1 saturated heterocycles. The molecule has 0 unspecified atom stereocenters. The van der Waals surface area contributed by atoms with Gasteiger partial charge < -0.3 is 9.47 Å². The topological polar surface area (TPSA) is 52.6 Å². The smallest absolute Gasteiger partial charge is 0.307 e. The summed E-state index contributed by atoms with van der Waals surface area (Å²) in [4.78, 5) is 25.2. The Morgan fingerprint density at radius 2 is 1.91 bits per heavy atom. The average molecular weight is 367 g/mol. The molecule has 5 heteroatoms. The Labute approximate surface area is 138 Å². The molecular formula is C17H19BrO4. The van der Waals surface area contributed by atoms with Crippen LogP contribution >= 0.6 is 15.9 Å². The molecule has 1 aromatic carbocycles. The fraction of sp³-hybridized carbons (Fsp3) is 0.529. The quantitative estimate of drug-likeness (QED) is 0.464. The largest absolute Gasteiger partial charge is 0.497 e. The van der Waals surface area contributed by atoms with Crippen molar-refractivity contribution in [3.8, 4) is 5.75 Å². The molecule has 118 valence electrons. The lowest BCUT2D eigenvalue weighted by molar-refractivity contribution is -0.145. The third-order valence-corrected chi connectivity index (χ3v) is 5.88. The fourth-order valence-electron chi connectivity index (χ4n) is 3.88. The molecule has 2 fully saturated rings. The van der Waals surface area contributed by atoms with E-state index in [2.05, 4.69) is 15.9 Å². The Hall–Kier alpha value is -1.36. The highest BCUT2D eigenvalue weighted by molar-refractivity contribution is 9.09. The van der Waals surface area contributed by atoms with Crippen LogP contribution in [0.2, 0.25) is 0 Å². The molecule has 1 spiro atoms. The summed E-state index contributed by atoms with van der Waals surface area (Å²) < 4.78 is 10.8. The number of methoxy groups -OCH3 is 1.